The van der Waals surface area contributed by atoms with Gasteiger partial charge in [-0.15, -0.1) is 0 Å². The Bertz CT molecular complexity index is 1120. The Morgan fingerprint density at radius 2 is 2.15 bits per heavy atom. The molecule has 1 saturated heterocycles. The zero-order valence-corrected chi connectivity index (χ0v) is 18.8. The van der Waals surface area contributed by atoms with Crippen molar-refractivity contribution >= 4 is 17.7 Å². The summed E-state index contributed by atoms with van der Waals surface area (Å²) in [6, 6.07) is 8.29. The van der Waals surface area contributed by atoms with Crippen molar-refractivity contribution in [3.05, 3.63) is 59.9 Å². The summed E-state index contributed by atoms with van der Waals surface area (Å²) >= 11 is 0. The number of hydrogen-bond donors (Lipinski definition) is 3. The first-order valence-electron chi connectivity index (χ1n) is 11.0. The second-order valence-corrected chi connectivity index (χ2v) is 8.00. The van der Waals surface area contributed by atoms with Crippen LogP contribution in [0.5, 0.6) is 0 Å². The molecular formula is C23H26FN7O3. The average Bonchev–Trinajstić information content (AvgIpc) is 3.47. The van der Waals surface area contributed by atoms with Gasteiger partial charge in [0, 0.05) is 30.8 Å². The molecule has 1 aliphatic rings. The van der Waals surface area contributed by atoms with Crippen LogP contribution in [0.2, 0.25) is 0 Å². The molecule has 0 bridgehead atoms. The number of halogens is 1. The SMILES string of the molecule is CC(=O)NC[C@H]1CN(c2ccc(-c3ccc(CNCCCc4cn[nH]n4)nc3)c(F)c2)C(=O)O1. The molecule has 11 heteroatoms. The second-order valence-electron chi connectivity index (χ2n) is 8.00. The van der Waals surface area contributed by atoms with Crippen molar-refractivity contribution in [2.75, 3.05) is 24.5 Å². The van der Waals surface area contributed by atoms with Crippen molar-refractivity contribution < 1.29 is 18.7 Å². The van der Waals surface area contributed by atoms with E-state index in [0.29, 0.717) is 23.4 Å². The number of anilines is 1. The number of nitrogens with one attached hydrogen (secondary N) is 3. The number of amides is 2. The van der Waals surface area contributed by atoms with Crippen molar-refractivity contribution in [3.8, 4) is 11.1 Å². The summed E-state index contributed by atoms with van der Waals surface area (Å²) in [6.45, 7) is 3.27. The minimum atomic E-state index is -0.568. The van der Waals surface area contributed by atoms with Gasteiger partial charge in [-0.05, 0) is 43.7 Å². The zero-order valence-electron chi connectivity index (χ0n) is 18.8. The lowest BCUT2D eigenvalue weighted by Crippen LogP contribution is -2.33. The number of carbonyl (C=O) groups excluding carboxylic acids is 2. The lowest BCUT2D eigenvalue weighted by atomic mass is 10.1. The highest BCUT2D eigenvalue weighted by Crippen LogP contribution is 2.28. The maximum Gasteiger partial charge on any atom is 0.414 e. The van der Waals surface area contributed by atoms with Gasteiger partial charge in [0.15, 0.2) is 0 Å². The molecule has 3 N–H and O–H groups in total. The quantitative estimate of drug-likeness (QED) is 0.390. The van der Waals surface area contributed by atoms with Crippen LogP contribution in [0.4, 0.5) is 14.9 Å². The monoisotopic (exact) mass is 467 g/mol. The van der Waals surface area contributed by atoms with E-state index in [4.69, 9.17) is 4.74 Å². The summed E-state index contributed by atoms with van der Waals surface area (Å²) in [5.41, 5.74) is 3.23. The summed E-state index contributed by atoms with van der Waals surface area (Å²) in [5.74, 6) is -0.667. The minimum absolute atomic E-state index is 0.205. The Kier molecular flexibility index (Phi) is 7.43. The van der Waals surface area contributed by atoms with Crippen LogP contribution < -0.4 is 15.5 Å². The third kappa shape index (κ3) is 5.93. The molecule has 2 amide bonds. The first kappa shape index (κ1) is 23.3. The topological polar surface area (TPSA) is 125 Å². The summed E-state index contributed by atoms with van der Waals surface area (Å²) in [5, 5.41) is 16.3. The molecule has 1 aliphatic heterocycles. The number of pyridine rings is 1. The zero-order chi connectivity index (χ0) is 23.9. The first-order chi connectivity index (χ1) is 16.5. The maximum atomic E-state index is 14.9. The molecule has 1 fully saturated rings. The van der Waals surface area contributed by atoms with Gasteiger partial charge in [-0.2, -0.15) is 15.4 Å². The van der Waals surface area contributed by atoms with E-state index < -0.39 is 18.0 Å². The van der Waals surface area contributed by atoms with Crippen LogP contribution in [0, 0.1) is 5.82 Å². The number of aromatic nitrogens is 4. The maximum absolute atomic E-state index is 14.9. The summed E-state index contributed by atoms with van der Waals surface area (Å²) in [6.07, 6.45) is 4.08. The molecule has 178 valence electrons. The van der Waals surface area contributed by atoms with Gasteiger partial charge in [0.2, 0.25) is 5.91 Å². The van der Waals surface area contributed by atoms with E-state index in [1.54, 1.807) is 24.5 Å². The van der Waals surface area contributed by atoms with Gasteiger partial charge in [0.25, 0.3) is 0 Å². The molecule has 0 unspecified atom stereocenters. The lowest BCUT2D eigenvalue weighted by molar-refractivity contribution is -0.119. The number of cyclic esters (lactones) is 1. The molecule has 3 heterocycles. The predicted molar refractivity (Wildman–Crippen MR) is 122 cm³/mol. The van der Waals surface area contributed by atoms with E-state index in [-0.39, 0.29) is 19.0 Å². The Balaban J connectivity index is 1.31. The van der Waals surface area contributed by atoms with Crippen LogP contribution in [0.15, 0.2) is 42.7 Å². The smallest absolute Gasteiger partial charge is 0.414 e. The molecule has 1 aromatic carbocycles. The second kappa shape index (κ2) is 10.8. The van der Waals surface area contributed by atoms with Crippen molar-refractivity contribution in [2.45, 2.75) is 32.4 Å². The summed E-state index contributed by atoms with van der Waals surface area (Å²) in [7, 11) is 0. The lowest BCUT2D eigenvalue weighted by Gasteiger charge is -2.14. The molecule has 3 aromatic rings. The van der Waals surface area contributed by atoms with Gasteiger partial charge in [0.05, 0.1) is 36.4 Å². The van der Waals surface area contributed by atoms with Gasteiger partial charge in [-0.1, -0.05) is 6.07 Å². The van der Waals surface area contributed by atoms with Gasteiger partial charge < -0.3 is 15.4 Å². The van der Waals surface area contributed by atoms with Crippen LogP contribution in [0.3, 0.4) is 0 Å². The minimum Gasteiger partial charge on any atom is -0.442 e. The molecule has 1 atom stereocenters. The molecule has 10 nitrogen and oxygen atoms in total. The first-order valence-corrected chi connectivity index (χ1v) is 11.0. The summed E-state index contributed by atoms with van der Waals surface area (Å²) < 4.78 is 20.1. The molecular weight excluding hydrogens is 441 g/mol. The standard InChI is InChI=1S/C23H26FN7O3/c1-15(32)26-13-20-14-31(23(33)34-20)19-6-7-21(22(24)9-19)16-4-5-17(27-10-16)11-25-8-2-3-18-12-28-30-29-18/h4-7,9-10,12,20,25H,2-3,8,11,13-14H2,1H3,(H,26,32)(H,28,29,30)/t20-/m0/s1. The number of rotatable bonds is 10. The van der Waals surface area contributed by atoms with E-state index in [0.717, 1.165) is 30.8 Å². The molecule has 0 radical (unpaired) electrons. The number of carbonyl (C=O) groups is 2. The Morgan fingerprint density at radius 3 is 2.85 bits per heavy atom. The molecule has 34 heavy (non-hydrogen) atoms. The van der Waals surface area contributed by atoms with Gasteiger partial charge >= 0.3 is 6.09 Å². The molecule has 2 aromatic heterocycles. The highest BCUT2D eigenvalue weighted by atomic mass is 19.1. The van der Waals surface area contributed by atoms with Gasteiger partial charge in [0.1, 0.15) is 11.9 Å². The highest BCUT2D eigenvalue weighted by Gasteiger charge is 2.32. The Morgan fingerprint density at radius 1 is 1.26 bits per heavy atom. The van der Waals surface area contributed by atoms with Gasteiger partial charge in [-0.3, -0.25) is 14.7 Å². The predicted octanol–water partition coefficient (Wildman–Crippen LogP) is 2.19. The van der Waals surface area contributed by atoms with Crippen LogP contribution in [0.25, 0.3) is 11.1 Å². The third-order valence-electron chi connectivity index (χ3n) is 5.41. The van der Waals surface area contributed by atoms with Crippen LogP contribution in [-0.2, 0) is 22.5 Å². The fourth-order valence-electron chi connectivity index (χ4n) is 3.65. The average molecular weight is 468 g/mol. The number of hydrogen-bond acceptors (Lipinski definition) is 7. The number of benzene rings is 1. The molecule has 0 saturated carbocycles. The van der Waals surface area contributed by atoms with E-state index in [9.17, 15) is 14.0 Å². The summed E-state index contributed by atoms with van der Waals surface area (Å²) in [4.78, 5) is 29.0. The van der Waals surface area contributed by atoms with Crippen molar-refractivity contribution in [3.63, 3.8) is 0 Å². The van der Waals surface area contributed by atoms with E-state index in [2.05, 4.69) is 31.0 Å². The fourth-order valence-corrected chi connectivity index (χ4v) is 3.65. The van der Waals surface area contributed by atoms with E-state index in [1.165, 1.54) is 17.9 Å². The molecule has 4 rings (SSSR count). The largest absolute Gasteiger partial charge is 0.442 e. The number of aromatic amines is 1. The van der Waals surface area contributed by atoms with E-state index in [1.807, 2.05) is 12.1 Å². The molecule has 0 spiro atoms. The van der Waals surface area contributed by atoms with Crippen molar-refractivity contribution in [2.24, 2.45) is 0 Å². The third-order valence-corrected chi connectivity index (χ3v) is 5.41. The van der Waals surface area contributed by atoms with Crippen molar-refractivity contribution in [1.82, 2.24) is 31.0 Å². The van der Waals surface area contributed by atoms with Gasteiger partial charge in [-0.25, -0.2) is 9.18 Å². The Hall–Kier alpha value is -3.86. The number of ether oxygens (including phenoxy) is 1. The highest BCUT2D eigenvalue weighted by molar-refractivity contribution is 5.90. The Labute approximate surface area is 195 Å². The fraction of sp³-hybridized carbons (Fsp3) is 0.348. The van der Waals surface area contributed by atoms with E-state index >= 15 is 0 Å². The molecule has 0 aliphatic carbocycles. The van der Waals surface area contributed by atoms with Crippen LogP contribution >= 0.6 is 0 Å². The number of nitrogens with zero attached hydrogens (tertiary/aromatic N) is 4. The van der Waals surface area contributed by atoms with Crippen LogP contribution in [0.1, 0.15) is 24.7 Å². The number of aryl methyl sites for hydroxylation is 1. The normalized spacial score (nSPS) is 15.4. The van der Waals surface area contributed by atoms with Crippen molar-refractivity contribution in [1.29, 1.82) is 0 Å². The van der Waals surface area contributed by atoms with Crippen LogP contribution in [-0.4, -0.2) is 58.1 Å². The number of H-pyrrole nitrogens is 1.